The molecule has 0 atom stereocenters. The van der Waals surface area contributed by atoms with Crippen molar-refractivity contribution in [2.45, 2.75) is 26.7 Å². The standard InChI is InChI=1S/C14H15N5O2/c1-8-10(9(2)17-14(21)11(8)7-15)3-4-13(20)18-12-5-6-16-19-12/h5-6H,3-4H2,1-2H3,(H,17,21)(H2,16,18,19,20). The molecule has 2 aromatic heterocycles. The van der Waals surface area contributed by atoms with E-state index in [-0.39, 0.29) is 17.9 Å². The first kappa shape index (κ1) is 14.5. The van der Waals surface area contributed by atoms with Crippen LogP contribution in [-0.4, -0.2) is 21.1 Å². The third-order valence-corrected chi connectivity index (χ3v) is 3.30. The first-order valence-electron chi connectivity index (χ1n) is 6.44. The van der Waals surface area contributed by atoms with Crippen molar-refractivity contribution >= 4 is 11.7 Å². The summed E-state index contributed by atoms with van der Waals surface area (Å²) in [6.07, 6.45) is 2.24. The topological polar surface area (TPSA) is 114 Å². The summed E-state index contributed by atoms with van der Waals surface area (Å²) in [6, 6.07) is 3.55. The van der Waals surface area contributed by atoms with E-state index in [1.807, 2.05) is 6.07 Å². The number of rotatable bonds is 4. The molecule has 1 amide bonds. The van der Waals surface area contributed by atoms with Crippen molar-refractivity contribution in [1.82, 2.24) is 15.2 Å². The van der Waals surface area contributed by atoms with Gasteiger partial charge in [0.25, 0.3) is 5.56 Å². The van der Waals surface area contributed by atoms with Gasteiger partial charge in [-0.1, -0.05) is 0 Å². The number of nitrogens with zero attached hydrogens (tertiary/aromatic N) is 2. The number of amides is 1. The molecule has 7 heteroatoms. The number of aromatic amines is 2. The Labute approximate surface area is 121 Å². The van der Waals surface area contributed by atoms with Crippen molar-refractivity contribution in [3.8, 4) is 6.07 Å². The molecule has 0 aliphatic heterocycles. The first-order valence-corrected chi connectivity index (χ1v) is 6.44. The van der Waals surface area contributed by atoms with Crippen LogP contribution in [0.15, 0.2) is 17.1 Å². The van der Waals surface area contributed by atoms with Crippen molar-refractivity contribution in [2.75, 3.05) is 5.32 Å². The van der Waals surface area contributed by atoms with Gasteiger partial charge in [-0.2, -0.15) is 10.4 Å². The molecule has 2 heterocycles. The molecule has 0 saturated heterocycles. The van der Waals surface area contributed by atoms with Crippen LogP contribution in [0.1, 0.15) is 28.8 Å². The Morgan fingerprint density at radius 1 is 1.48 bits per heavy atom. The molecular weight excluding hydrogens is 270 g/mol. The number of carbonyl (C=O) groups is 1. The molecule has 0 aliphatic carbocycles. The number of anilines is 1. The predicted octanol–water partition coefficient (Wildman–Crippen LogP) is 1.16. The fourth-order valence-corrected chi connectivity index (χ4v) is 2.20. The van der Waals surface area contributed by atoms with Gasteiger partial charge in [-0.25, -0.2) is 0 Å². The Bertz CT molecular complexity index is 753. The Morgan fingerprint density at radius 3 is 2.86 bits per heavy atom. The van der Waals surface area contributed by atoms with Crippen LogP contribution in [0.25, 0.3) is 0 Å². The maximum atomic E-state index is 11.8. The molecule has 0 aliphatic rings. The van der Waals surface area contributed by atoms with Gasteiger partial charge in [0.15, 0.2) is 0 Å². The van der Waals surface area contributed by atoms with Crippen LogP contribution in [0.5, 0.6) is 0 Å². The minimum Gasteiger partial charge on any atom is -0.325 e. The summed E-state index contributed by atoms with van der Waals surface area (Å²) >= 11 is 0. The van der Waals surface area contributed by atoms with Crippen molar-refractivity contribution in [2.24, 2.45) is 0 Å². The van der Waals surface area contributed by atoms with Crippen LogP contribution in [0.3, 0.4) is 0 Å². The highest BCUT2D eigenvalue weighted by molar-refractivity contribution is 5.89. The number of H-pyrrole nitrogens is 2. The average Bonchev–Trinajstić information content (AvgIpc) is 2.91. The molecule has 0 spiro atoms. The van der Waals surface area contributed by atoms with Crippen LogP contribution >= 0.6 is 0 Å². The van der Waals surface area contributed by atoms with Gasteiger partial charge in [-0.3, -0.25) is 14.7 Å². The van der Waals surface area contributed by atoms with Crippen molar-refractivity contribution in [1.29, 1.82) is 5.26 Å². The number of hydrogen-bond donors (Lipinski definition) is 3. The van der Waals surface area contributed by atoms with E-state index in [1.54, 1.807) is 26.1 Å². The van der Waals surface area contributed by atoms with Gasteiger partial charge in [0.2, 0.25) is 5.91 Å². The molecule has 21 heavy (non-hydrogen) atoms. The van der Waals surface area contributed by atoms with Crippen LogP contribution in [0, 0.1) is 25.2 Å². The lowest BCUT2D eigenvalue weighted by Gasteiger charge is -2.10. The zero-order valence-electron chi connectivity index (χ0n) is 11.8. The minimum absolute atomic E-state index is 0.101. The summed E-state index contributed by atoms with van der Waals surface area (Å²) in [5.74, 6) is 0.371. The second-order valence-corrected chi connectivity index (χ2v) is 4.69. The second kappa shape index (κ2) is 6.05. The van der Waals surface area contributed by atoms with E-state index in [0.29, 0.717) is 23.5 Å². The average molecular weight is 285 g/mol. The number of nitrogens with one attached hydrogen (secondary N) is 3. The molecular formula is C14H15N5O2. The number of nitriles is 1. The van der Waals surface area contributed by atoms with Gasteiger partial charge >= 0.3 is 0 Å². The summed E-state index contributed by atoms with van der Waals surface area (Å²) in [4.78, 5) is 26.1. The summed E-state index contributed by atoms with van der Waals surface area (Å²) in [6.45, 7) is 3.49. The highest BCUT2D eigenvalue weighted by Crippen LogP contribution is 2.15. The fourth-order valence-electron chi connectivity index (χ4n) is 2.20. The van der Waals surface area contributed by atoms with Crippen LogP contribution in [0.2, 0.25) is 0 Å². The van der Waals surface area contributed by atoms with Crippen molar-refractivity contribution in [3.05, 3.63) is 45.0 Å². The Kier molecular flexibility index (Phi) is 4.18. The van der Waals surface area contributed by atoms with Gasteiger partial charge in [0, 0.05) is 18.2 Å². The molecule has 3 N–H and O–H groups in total. The largest absolute Gasteiger partial charge is 0.325 e. The van der Waals surface area contributed by atoms with E-state index in [4.69, 9.17) is 5.26 Å². The van der Waals surface area contributed by atoms with Gasteiger partial charge < -0.3 is 10.3 Å². The van der Waals surface area contributed by atoms with Crippen LogP contribution in [-0.2, 0) is 11.2 Å². The molecule has 0 fully saturated rings. The van der Waals surface area contributed by atoms with Crippen LogP contribution < -0.4 is 10.9 Å². The third kappa shape index (κ3) is 3.17. The molecule has 2 aromatic rings. The molecule has 108 valence electrons. The van der Waals surface area contributed by atoms with Gasteiger partial charge in [-0.05, 0) is 31.4 Å². The van der Waals surface area contributed by atoms with E-state index >= 15 is 0 Å². The Hall–Kier alpha value is -2.88. The lowest BCUT2D eigenvalue weighted by Crippen LogP contribution is -2.18. The second-order valence-electron chi connectivity index (χ2n) is 4.69. The van der Waals surface area contributed by atoms with E-state index in [0.717, 1.165) is 5.56 Å². The summed E-state index contributed by atoms with van der Waals surface area (Å²) in [5.41, 5.74) is 1.85. The lowest BCUT2D eigenvalue weighted by molar-refractivity contribution is -0.116. The molecule has 7 nitrogen and oxygen atoms in total. The van der Waals surface area contributed by atoms with E-state index in [2.05, 4.69) is 20.5 Å². The van der Waals surface area contributed by atoms with Crippen LogP contribution in [0.4, 0.5) is 5.82 Å². The maximum Gasteiger partial charge on any atom is 0.266 e. The van der Waals surface area contributed by atoms with Gasteiger partial charge in [0.05, 0.1) is 6.20 Å². The summed E-state index contributed by atoms with van der Waals surface area (Å²) in [7, 11) is 0. The number of carbonyl (C=O) groups excluding carboxylic acids is 1. The van der Waals surface area contributed by atoms with E-state index in [1.165, 1.54) is 0 Å². The molecule has 0 aromatic carbocycles. The molecule has 0 unspecified atom stereocenters. The van der Waals surface area contributed by atoms with Gasteiger partial charge in [0.1, 0.15) is 17.5 Å². The normalized spacial score (nSPS) is 10.1. The van der Waals surface area contributed by atoms with Gasteiger partial charge in [-0.15, -0.1) is 0 Å². The fraction of sp³-hybridized carbons (Fsp3) is 0.286. The number of pyridine rings is 1. The van der Waals surface area contributed by atoms with E-state index in [9.17, 15) is 9.59 Å². The first-order chi connectivity index (χ1) is 10.0. The van der Waals surface area contributed by atoms with E-state index < -0.39 is 5.56 Å². The Balaban J connectivity index is 2.12. The summed E-state index contributed by atoms with van der Waals surface area (Å²) < 4.78 is 0. The smallest absolute Gasteiger partial charge is 0.266 e. The number of hydrogen-bond acceptors (Lipinski definition) is 4. The maximum absolute atomic E-state index is 11.8. The Morgan fingerprint density at radius 2 is 2.24 bits per heavy atom. The predicted molar refractivity (Wildman–Crippen MR) is 76.8 cm³/mol. The zero-order chi connectivity index (χ0) is 15.4. The number of aryl methyl sites for hydroxylation is 1. The zero-order valence-corrected chi connectivity index (χ0v) is 11.8. The third-order valence-electron chi connectivity index (χ3n) is 3.30. The number of aromatic nitrogens is 3. The molecule has 0 saturated carbocycles. The van der Waals surface area contributed by atoms with Crippen molar-refractivity contribution in [3.63, 3.8) is 0 Å². The quantitative estimate of drug-likeness (QED) is 0.781. The molecule has 2 rings (SSSR count). The lowest BCUT2D eigenvalue weighted by atomic mass is 9.99. The SMILES string of the molecule is Cc1[nH]c(=O)c(C#N)c(C)c1CCC(=O)Nc1ccn[nH]1. The highest BCUT2D eigenvalue weighted by Gasteiger charge is 2.13. The van der Waals surface area contributed by atoms with Crippen molar-refractivity contribution < 1.29 is 4.79 Å². The monoisotopic (exact) mass is 285 g/mol. The molecule has 0 bridgehead atoms. The summed E-state index contributed by atoms with van der Waals surface area (Å²) in [5, 5.41) is 18.1. The minimum atomic E-state index is -0.391. The highest BCUT2D eigenvalue weighted by atomic mass is 16.1. The molecule has 0 radical (unpaired) electrons.